The van der Waals surface area contributed by atoms with Crippen molar-refractivity contribution < 1.29 is 0 Å². The molecule has 0 amide bonds. The van der Waals surface area contributed by atoms with Crippen LogP contribution >= 0.6 is 0 Å². The third-order valence-electron chi connectivity index (χ3n) is 4.03. The van der Waals surface area contributed by atoms with Gasteiger partial charge in [0.05, 0.1) is 0 Å². The Hall–Kier alpha value is -1.65. The van der Waals surface area contributed by atoms with Crippen LogP contribution in [0.25, 0.3) is 10.9 Å². The predicted molar refractivity (Wildman–Crippen MR) is 82.1 cm³/mol. The molecule has 0 radical (unpaired) electrons. The van der Waals surface area contributed by atoms with Crippen molar-refractivity contribution in [2.24, 2.45) is 0 Å². The summed E-state index contributed by atoms with van der Waals surface area (Å²) in [5.74, 6) is 0. The Morgan fingerprint density at radius 2 is 1.90 bits per heavy atom. The van der Waals surface area contributed by atoms with Crippen LogP contribution in [-0.4, -0.2) is 48.0 Å². The predicted octanol–water partition coefficient (Wildman–Crippen LogP) is 1.58. The third-order valence-corrected chi connectivity index (χ3v) is 4.03. The van der Waals surface area contributed by atoms with E-state index >= 15 is 0 Å². The second kappa shape index (κ2) is 5.38. The van der Waals surface area contributed by atoms with Crippen molar-refractivity contribution in [3.05, 3.63) is 45.7 Å². The molecular formula is C16H21N3O. The van der Waals surface area contributed by atoms with E-state index in [1.165, 1.54) is 0 Å². The van der Waals surface area contributed by atoms with Gasteiger partial charge in [-0.2, -0.15) is 0 Å². The van der Waals surface area contributed by atoms with Crippen LogP contribution in [0.5, 0.6) is 0 Å². The molecule has 20 heavy (non-hydrogen) atoms. The Morgan fingerprint density at radius 3 is 2.65 bits per heavy atom. The lowest BCUT2D eigenvalue weighted by Crippen LogP contribution is -2.44. The third kappa shape index (κ3) is 2.76. The minimum absolute atomic E-state index is 0.117. The Morgan fingerprint density at radius 1 is 1.15 bits per heavy atom. The summed E-state index contributed by atoms with van der Waals surface area (Å²) < 4.78 is 0. The minimum Gasteiger partial charge on any atom is -0.357 e. The molecule has 0 aliphatic carbocycles. The molecule has 1 aromatic carbocycles. The fourth-order valence-electron chi connectivity index (χ4n) is 2.75. The van der Waals surface area contributed by atoms with Crippen LogP contribution in [0.1, 0.15) is 11.3 Å². The molecule has 106 valence electrons. The van der Waals surface area contributed by atoms with Gasteiger partial charge in [0.1, 0.15) is 0 Å². The van der Waals surface area contributed by atoms with Crippen molar-refractivity contribution in [3.8, 4) is 0 Å². The molecule has 4 nitrogen and oxygen atoms in total. The Labute approximate surface area is 119 Å². The lowest BCUT2D eigenvalue weighted by Gasteiger charge is -2.32. The number of fused-ring (bicyclic) bond motifs is 1. The van der Waals surface area contributed by atoms with Gasteiger partial charge in [-0.15, -0.1) is 0 Å². The molecule has 1 aliphatic heterocycles. The quantitative estimate of drug-likeness (QED) is 0.901. The molecule has 2 aromatic rings. The van der Waals surface area contributed by atoms with E-state index in [9.17, 15) is 4.79 Å². The first-order chi connectivity index (χ1) is 9.61. The topological polar surface area (TPSA) is 39.3 Å². The molecular weight excluding hydrogens is 250 g/mol. The number of aryl methyl sites for hydroxylation is 1. The van der Waals surface area contributed by atoms with Gasteiger partial charge < -0.3 is 9.88 Å². The monoisotopic (exact) mass is 271 g/mol. The normalized spacial score (nSPS) is 17.7. The van der Waals surface area contributed by atoms with Gasteiger partial charge in [0.25, 0.3) is 0 Å². The molecule has 1 fully saturated rings. The molecule has 1 saturated heterocycles. The summed E-state index contributed by atoms with van der Waals surface area (Å²) in [7, 11) is 2.15. The molecule has 0 unspecified atom stereocenters. The largest absolute Gasteiger partial charge is 0.357 e. The number of aromatic amines is 1. The second-order valence-electron chi connectivity index (χ2n) is 5.79. The SMILES string of the molecule is Cc1ccc2[nH]c(CN3CCN(C)CC3)cc(=O)c2c1. The number of hydrogen-bond acceptors (Lipinski definition) is 3. The summed E-state index contributed by atoms with van der Waals surface area (Å²) in [6, 6.07) is 7.74. The molecule has 2 heterocycles. The van der Waals surface area contributed by atoms with E-state index in [2.05, 4.69) is 21.8 Å². The van der Waals surface area contributed by atoms with Gasteiger partial charge in [0, 0.05) is 55.4 Å². The van der Waals surface area contributed by atoms with Gasteiger partial charge >= 0.3 is 0 Å². The van der Waals surface area contributed by atoms with Gasteiger partial charge in [-0.05, 0) is 26.1 Å². The van der Waals surface area contributed by atoms with Crippen molar-refractivity contribution in [1.82, 2.24) is 14.8 Å². The van der Waals surface area contributed by atoms with E-state index in [1.54, 1.807) is 6.07 Å². The Bertz CT molecular complexity index is 669. The van der Waals surface area contributed by atoms with Crippen molar-refractivity contribution >= 4 is 10.9 Å². The molecule has 4 heteroatoms. The molecule has 0 spiro atoms. The van der Waals surface area contributed by atoms with E-state index in [4.69, 9.17) is 0 Å². The maximum absolute atomic E-state index is 12.2. The highest BCUT2D eigenvalue weighted by molar-refractivity contribution is 5.79. The summed E-state index contributed by atoms with van der Waals surface area (Å²) in [6.45, 7) is 7.15. The van der Waals surface area contributed by atoms with Crippen LogP contribution in [0.3, 0.4) is 0 Å². The fourth-order valence-corrected chi connectivity index (χ4v) is 2.75. The van der Waals surface area contributed by atoms with Crippen molar-refractivity contribution in [2.75, 3.05) is 33.2 Å². The van der Waals surface area contributed by atoms with E-state index in [-0.39, 0.29) is 5.43 Å². The summed E-state index contributed by atoms with van der Waals surface area (Å²) in [5.41, 5.74) is 3.18. The lowest BCUT2D eigenvalue weighted by atomic mass is 10.1. The van der Waals surface area contributed by atoms with E-state index < -0.39 is 0 Å². The molecule has 3 rings (SSSR count). The first-order valence-corrected chi connectivity index (χ1v) is 7.15. The average molecular weight is 271 g/mol. The summed E-state index contributed by atoms with van der Waals surface area (Å²) >= 11 is 0. The van der Waals surface area contributed by atoms with Crippen LogP contribution in [0.15, 0.2) is 29.1 Å². The number of nitrogens with zero attached hydrogens (tertiary/aromatic N) is 2. The zero-order chi connectivity index (χ0) is 14.1. The van der Waals surface area contributed by atoms with Gasteiger partial charge in [-0.1, -0.05) is 11.6 Å². The molecule has 0 saturated carbocycles. The highest BCUT2D eigenvalue weighted by Crippen LogP contribution is 2.12. The highest BCUT2D eigenvalue weighted by Gasteiger charge is 2.14. The van der Waals surface area contributed by atoms with Crippen molar-refractivity contribution in [2.45, 2.75) is 13.5 Å². The lowest BCUT2D eigenvalue weighted by molar-refractivity contribution is 0.147. The number of likely N-dealkylation sites (N-methyl/N-ethyl adjacent to an activating group) is 1. The van der Waals surface area contributed by atoms with E-state index in [1.807, 2.05) is 25.1 Å². The molecule has 0 atom stereocenters. The first-order valence-electron chi connectivity index (χ1n) is 7.15. The number of aromatic nitrogens is 1. The Balaban J connectivity index is 1.85. The van der Waals surface area contributed by atoms with Gasteiger partial charge in [0.15, 0.2) is 5.43 Å². The van der Waals surface area contributed by atoms with Gasteiger partial charge in [0.2, 0.25) is 0 Å². The zero-order valence-corrected chi connectivity index (χ0v) is 12.1. The molecule has 0 bridgehead atoms. The number of rotatable bonds is 2. The average Bonchev–Trinajstić information content (AvgIpc) is 2.42. The second-order valence-corrected chi connectivity index (χ2v) is 5.79. The molecule has 1 aliphatic rings. The standard InChI is InChI=1S/C16H21N3O/c1-12-3-4-15-14(9-12)16(20)10-13(17-15)11-19-7-5-18(2)6-8-19/h3-4,9-10H,5-8,11H2,1-2H3,(H,17,20). The zero-order valence-electron chi connectivity index (χ0n) is 12.1. The summed E-state index contributed by atoms with van der Waals surface area (Å²) in [6.07, 6.45) is 0. The van der Waals surface area contributed by atoms with Gasteiger partial charge in [-0.3, -0.25) is 9.69 Å². The van der Waals surface area contributed by atoms with Crippen molar-refractivity contribution in [3.63, 3.8) is 0 Å². The summed E-state index contributed by atoms with van der Waals surface area (Å²) in [4.78, 5) is 20.3. The molecule has 1 aromatic heterocycles. The first kappa shape index (κ1) is 13.3. The Kier molecular flexibility index (Phi) is 3.59. The minimum atomic E-state index is 0.117. The number of hydrogen-bond donors (Lipinski definition) is 1. The number of pyridine rings is 1. The maximum Gasteiger partial charge on any atom is 0.189 e. The van der Waals surface area contributed by atoms with Crippen LogP contribution < -0.4 is 5.43 Å². The van der Waals surface area contributed by atoms with Crippen LogP contribution in [0.2, 0.25) is 0 Å². The summed E-state index contributed by atoms with van der Waals surface area (Å²) in [5, 5.41) is 0.784. The van der Waals surface area contributed by atoms with Crippen molar-refractivity contribution in [1.29, 1.82) is 0 Å². The number of piperazine rings is 1. The number of nitrogens with one attached hydrogen (secondary N) is 1. The molecule has 1 N–H and O–H groups in total. The van der Waals surface area contributed by atoms with Crippen LogP contribution in [-0.2, 0) is 6.54 Å². The number of benzene rings is 1. The number of H-pyrrole nitrogens is 1. The van der Waals surface area contributed by atoms with Gasteiger partial charge in [-0.25, -0.2) is 0 Å². The van der Waals surface area contributed by atoms with E-state index in [0.717, 1.165) is 54.9 Å². The van der Waals surface area contributed by atoms with Crippen LogP contribution in [0.4, 0.5) is 0 Å². The van der Waals surface area contributed by atoms with Crippen LogP contribution in [0, 0.1) is 6.92 Å². The smallest absolute Gasteiger partial charge is 0.189 e. The van der Waals surface area contributed by atoms with E-state index in [0.29, 0.717) is 0 Å². The highest BCUT2D eigenvalue weighted by atomic mass is 16.1. The maximum atomic E-state index is 12.2. The fraction of sp³-hybridized carbons (Fsp3) is 0.438.